The fourth-order valence-corrected chi connectivity index (χ4v) is 2.78. The second-order valence-electron chi connectivity index (χ2n) is 7.03. The van der Waals surface area contributed by atoms with Crippen molar-refractivity contribution in [3.8, 4) is 5.88 Å². The SMILES string of the molecule is Cc1cc(C(C)N(C(=O)C(C)CO)c2cc(C(N)=O)ccn2)cnc1OCC(F)(F)F. The van der Waals surface area contributed by atoms with Crippen molar-refractivity contribution in [3.05, 3.63) is 47.3 Å². The minimum Gasteiger partial charge on any atom is -0.468 e. The molecule has 2 atom stereocenters. The summed E-state index contributed by atoms with van der Waals surface area (Å²) in [5.41, 5.74) is 6.28. The number of aryl methyl sites for hydroxylation is 1. The van der Waals surface area contributed by atoms with Gasteiger partial charge in [-0.05, 0) is 37.6 Å². The van der Waals surface area contributed by atoms with Crippen LogP contribution in [0.5, 0.6) is 5.88 Å². The first-order chi connectivity index (χ1) is 14.4. The van der Waals surface area contributed by atoms with Gasteiger partial charge in [0.2, 0.25) is 17.7 Å². The summed E-state index contributed by atoms with van der Waals surface area (Å²) in [6.45, 7) is 2.82. The van der Waals surface area contributed by atoms with Gasteiger partial charge in [0.05, 0.1) is 18.6 Å². The molecular weight excluding hydrogens is 417 g/mol. The number of nitrogens with zero attached hydrogens (tertiary/aromatic N) is 3. The van der Waals surface area contributed by atoms with E-state index in [0.717, 1.165) is 0 Å². The highest BCUT2D eigenvalue weighted by atomic mass is 19.4. The van der Waals surface area contributed by atoms with Crippen LogP contribution < -0.4 is 15.4 Å². The van der Waals surface area contributed by atoms with Crippen LogP contribution in [0.3, 0.4) is 0 Å². The van der Waals surface area contributed by atoms with Gasteiger partial charge in [-0.25, -0.2) is 9.97 Å². The maximum Gasteiger partial charge on any atom is 0.422 e. The number of alkyl halides is 3. The van der Waals surface area contributed by atoms with Crippen molar-refractivity contribution < 1.29 is 32.6 Å². The number of primary amides is 1. The molecule has 0 aliphatic rings. The molecule has 2 amide bonds. The maximum atomic E-state index is 13.0. The van der Waals surface area contributed by atoms with Gasteiger partial charge in [0.1, 0.15) is 5.82 Å². The molecule has 2 aromatic rings. The smallest absolute Gasteiger partial charge is 0.422 e. The number of aliphatic hydroxyl groups excluding tert-OH is 1. The lowest BCUT2D eigenvalue weighted by Crippen LogP contribution is -2.39. The summed E-state index contributed by atoms with van der Waals surface area (Å²) in [6, 6.07) is 3.61. The lowest BCUT2D eigenvalue weighted by molar-refractivity contribution is -0.154. The number of rotatable bonds is 8. The number of amides is 2. The highest BCUT2D eigenvalue weighted by Crippen LogP contribution is 2.30. The standard InChI is InChI=1S/C20H23F3N4O4/c1-11-6-15(8-26-18(11)31-10-20(21,22)23)13(3)27(19(30)12(2)9-28)16-7-14(17(24)29)4-5-25-16/h4-8,12-13,28H,9-10H2,1-3H3,(H2,24,29). The van der Waals surface area contributed by atoms with E-state index in [1.54, 1.807) is 13.0 Å². The lowest BCUT2D eigenvalue weighted by Gasteiger charge is -2.31. The predicted molar refractivity (Wildman–Crippen MR) is 105 cm³/mol. The van der Waals surface area contributed by atoms with Crippen LogP contribution in [0.15, 0.2) is 30.6 Å². The van der Waals surface area contributed by atoms with E-state index in [-0.39, 0.29) is 17.3 Å². The van der Waals surface area contributed by atoms with Crippen molar-refractivity contribution in [2.75, 3.05) is 18.1 Å². The number of hydrogen-bond acceptors (Lipinski definition) is 6. The van der Waals surface area contributed by atoms with Gasteiger partial charge < -0.3 is 15.6 Å². The van der Waals surface area contributed by atoms with E-state index in [0.29, 0.717) is 11.1 Å². The molecule has 31 heavy (non-hydrogen) atoms. The van der Waals surface area contributed by atoms with Gasteiger partial charge in [0.15, 0.2) is 6.61 Å². The topological polar surface area (TPSA) is 119 Å². The Morgan fingerprint density at radius 3 is 2.48 bits per heavy atom. The van der Waals surface area contributed by atoms with E-state index in [4.69, 9.17) is 10.5 Å². The molecule has 0 radical (unpaired) electrons. The number of pyridine rings is 2. The Kier molecular flexibility index (Phi) is 7.55. The van der Waals surface area contributed by atoms with Crippen LogP contribution in [0.25, 0.3) is 0 Å². The van der Waals surface area contributed by atoms with Gasteiger partial charge in [-0.15, -0.1) is 0 Å². The molecule has 0 spiro atoms. The van der Waals surface area contributed by atoms with Crippen LogP contribution in [-0.4, -0.2) is 46.3 Å². The Balaban J connectivity index is 2.42. The highest BCUT2D eigenvalue weighted by molar-refractivity contribution is 5.97. The Labute approximate surface area is 176 Å². The summed E-state index contributed by atoms with van der Waals surface area (Å²) in [5.74, 6) is -2.00. The predicted octanol–water partition coefficient (Wildman–Crippen LogP) is 2.55. The molecule has 168 valence electrons. The Hall–Kier alpha value is -3.21. The molecular formula is C20H23F3N4O4. The van der Waals surface area contributed by atoms with Gasteiger partial charge >= 0.3 is 6.18 Å². The molecule has 8 nitrogen and oxygen atoms in total. The van der Waals surface area contributed by atoms with Gasteiger partial charge in [-0.2, -0.15) is 13.2 Å². The van der Waals surface area contributed by atoms with Crippen molar-refractivity contribution in [1.29, 1.82) is 0 Å². The number of carbonyl (C=O) groups excluding carboxylic acids is 2. The first-order valence-electron chi connectivity index (χ1n) is 9.30. The highest BCUT2D eigenvalue weighted by Gasteiger charge is 2.30. The molecule has 11 heteroatoms. The van der Waals surface area contributed by atoms with Crippen LogP contribution >= 0.6 is 0 Å². The zero-order chi connectivity index (χ0) is 23.3. The van der Waals surface area contributed by atoms with Gasteiger partial charge in [-0.1, -0.05) is 6.92 Å². The molecule has 2 heterocycles. The van der Waals surface area contributed by atoms with Crippen molar-refractivity contribution >= 4 is 17.6 Å². The Morgan fingerprint density at radius 2 is 1.94 bits per heavy atom. The Morgan fingerprint density at radius 1 is 1.26 bits per heavy atom. The van der Waals surface area contributed by atoms with E-state index >= 15 is 0 Å². The third-order valence-electron chi connectivity index (χ3n) is 4.50. The number of aliphatic hydroxyl groups is 1. The second kappa shape index (κ2) is 9.73. The van der Waals surface area contributed by atoms with Crippen LogP contribution in [0.1, 0.15) is 41.4 Å². The van der Waals surface area contributed by atoms with Crippen LogP contribution in [0.2, 0.25) is 0 Å². The summed E-state index contributed by atoms with van der Waals surface area (Å²) >= 11 is 0. The molecule has 0 aliphatic carbocycles. The minimum atomic E-state index is -4.50. The first-order valence-corrected chi connectivity index (χ1v) is 9.30. The minimum absolute atomic E-state index is 0.129. The molecule has 2 unspecified atom stereocenters. The van der Waals surface area contributed by atoms with Crippen molar-refractivity contribution in [2.24, 2.45) is 11.7 Å². The molecule has 0 aromatic carbocycles. The van der Waals surface area contributed by atoms with Gasteiger partial charge in [-0.3, -0.25) is 14.5 Å². The van der Waals surface area contributed by atoms with Gasteiger partial charge in [0.25, 0.3) is 0 Å². The Bertz CT molecular complexity index is 952. The molecule has 2 aromatic heterocycles. The van der Waals surface area contributed by atoms with E-state index in [1.807, 2.05) is 0 Å². The van der Waals surface area contributed by atoms with E-state index in [2.05, 4.69) is 9.97 Å². The zero-order valence-electron chi connectivity index (χ0n) is 17.2. The fourth-order valence-electron chi connectivity index (χ4n) is 2.78. The van der Waals surface area contributed by atoms with E-state index in [9.17, 15) is 27.9 Å². The molecule has 0 aliphatic heterocycles. The third kappa shape index (κ3) is 6.14. The lowest BCUT2D eigenvalue weighted by atomic mass is 10.0. The molecule has 0 fully saturated rings. The summed E-state index contributed by atoms with van der Waals surface area (Å²) in [7, 11) is 0. The monoisotopic (exact) mass is 440 g/mol. The third-order valence-corrected chi connectivity index (χ3v) is 4.50. The second-order valence-corrected chi connectivity index (χ2v) is 7.03. The quantitative estimate of drug-likeness (QED) is 0.651. The molecule has 0 saturated heterocycles. The number of ether oxygens (including phenoxy) is 1. The van der Waals surface area contributed by atoms with E-state index < -0.39 is 43.2 Å². The summed E-state index contributed by atoms with van der Waals surface area (Å²) in [4.78, 5) is 33.9. The molecule has 3 N–H and O–H groups in total. The summed E-state index contributed by atoms with van der Waals surface area (Å²) < 4.78 is 41.9. The van der Waals surface area contributed by atoms with Crippen molar-refractivity contribution in [3.63, 3.8) is 0 Å². The number of hydrogen-bond donors (Lipinski definition) is 2. The van der Waals surface area contributed by atoms with E-state index in [1.165, 1.54) is 43.3 Å². The normalized spacial score (nSPS) is 13.4. The molecule has 2 rings (SSSR count). The zero-order valence-corrected chi connectivity index (χ0v) is 17.2. The number of anilines is 1. The maximum absolute atomic E-state index is 13.0. The number of carbonyl (C=O) groups is 2. The van der Waals surface area contributed by atoms with Crippen molar-refractivity contribution in [2.45, 2.75) is 33.0 Å². The molecule has 0 bridgehead atoms. The fraction of sp³-hybridized carbons (Fsp3) is 0.400. The number of aromatic nitrogens is 2. The van der Waals surface area contributed by atoms with Crippen LogP contribution in [0, 0.1) is 12.8 Å². The van der Waals surface area contributed by atoms with Crippen molar-refractivity contribution in [1.82, 2.24) is 9.97 Å². The average molecular weight is 440 g/mol. The first kappa shape index (κ1) is 24.1. The number of halogens is 3. The molecule has 0 saturated carbocycles. The summed E-state index contributed by atoms with van der Waals surface area (Å²) in [5, 5.41) is 9.44. The van der Waals surface area contributed by atoms with Crippen LogP contribution in [0.4, 0.5) is 19.0 Å². The number of nitrogens with two attached hydrogens (primary N) is 1. The summed E-state index contributed by atoms with van der Waals surface area (Å²) in [6.07, 6.45) is -1.88. The largest absolute Gasteiger partial charge is 0.468 e. The average Bonchev–Trinajstić information content (AvgIpc) is 2.71. The van der Waals surface area contributed by atoms with Gasteiger partial charge in [0, 0.05) is 23.5 Å². The van der Waals surface area contributed by atoms with Crippen LogP contribution in [-0.2, 0) is 4.79 Å².